The van der Waals surface area contributed by atoms with Crippen LogP contribution in [0, 0.1) is 18.8 Å². The fraction of sp³-hybridized carbons (Fsp3) is 0.542. The molecule has 0 N–H and O–H groups in total. The van der Waals surface area contributed by atoms with Crippen molar-refractivity contribution < 1.29 is 0 Å². The van der Waals surface area contributed by atoms with Gasteiger partial charge in [-0.25, -0.2) is 0 Å². The number of nitrogens with zero attached hydrogens (tertiary/aromatic N) is 3. The molecule has 3 heteroatoms. The standard InChI is InChI=1S/C24H33N3/c1-19-8-9-23(18-25-19)26(2)14-15-27-12-10-20(11-13-27)16-22-17-24(22)21-6-4-3-5-7-21/h3-9,18,20,22,24H,10-17H2,1-2H3/t22-,24+/m1/s1. The summed E-state index contributed by atoms with van der Waals surface area (Å²) in [5.74, 6) is 2.74. The van der Waals surface area contributed by atoms with Crippen molar-refractivity contribution in [3.8, 4) is 0 Å². The Bertz CT molecular complexity index is 704. The van der Waals surface area contributed by atoms with Gasteiger partial charge < -0.3 is 9.80 Å². The predicted octanol–water partition coefficient (Wildman–Crippen LogP) is 4.73. The van der Waals surface area contributed by atoms with Gasteiger partial charge in [0.2, 0.25) is 0 Å². The number of likely N-dealkylation sites (N-methyl/N-ethyl adjacent to an activating group) is 1. The number of hydrogen-bond donors (Lipinski definition) is 0. The van der Waals surface area contributed by atoms with Gasteiger partial charge in [0.25, 0.3) is 0 Å². The van der Waals surface area contributed by atoms with E-state index in [1.54, 1.807) is 5.56 Å². The zero-order valence-electron chi connectivity index (χ0n) is 16.8. The smallest absolute Gasteiger partial charge is 0.0550 e. The van der Waals surface area contributed by atoms with Gasteiger partial charge >= 0.3 is 0 Å². The first kappa shape index (κ1) is 18.5. The second-order valence-corrected chi connectivity index (χ2v) is 8.61. The molecular weight excluding hydrogens is 330 g/mol. The van der Waals surface area contributed by atoms with Crippen LogP contribution in [0.3, 0.4) is 0 Å². The van der Waals surface area contributed by atoms with Gasteiger partial charge in [-0.05, 0) is 81.1 Å². The van der Waals surface area contributed by atoms with Crippen molar-refractivity contribution >= 4 is 5.69 Å². The lowest BCUT2D eigenvalue weighted by Gasteiger charge is -2.33. The molecule has 0 spiro atoms. The van der Waals surface area contributed by atoms with Crippen molar-refractivity contribution in [1.82, 2.24) is 9.88 Å². The van der Waals surface area contributed by atoms with E-state index in [1.807, 2.05) is 13.1 Å². The molecule has 2 aromatic rings. The molecule has 0 bridgehead atoms. The number of aromatic nitrogens is 1. The van der Waals surface area contributed by atoms with E-state index in [-0.39, 0.29) is 0 Å². The molecule has 0 radical (unpaired) electrons. The van der Waals surface area contributed by atoms with Gasteiger partial charge in [-0.2, -0.15) is 0 Å². The quantitative estimate of drug-likeness (QED) is 0.709. The lowest BCUT2D eigenvalue weighted by molar-refractivity contribution is 0.179. The SMILES string of the molecule is Cc1ccc(N(C)CCN2CCC(C[C@@H]3C[C@H]3c3ccccc3)CC2)cn1. The van der Waals surface area contributed by atoms with Gasteiger partial charge in [0, 0.05) is 25.8 Å². The summed E-state index contributed by atoms with van der Waals surface area (Å²) in [6.07, 6.45) is 7.62. The van der Waals surface area contributed by atoms with E-state index in [9.17, 15) is 0 Å². The molecule has 1 aliphatic heterocycles. The molecule has 1 aromatic heterocycles. The summed E-state index contributed by atoms with van der Waals surface area (Å²) in [5, 5.41) is 0. The number of rotatable bonds is 7. The summed E-state index contributed by atoms with van der Waals surface area (Å²) in [4.78, 5) is 9.39. The molecule has 2 aliphatic rings. The first-order chi connectivity index (χ1) is 13.2. The van der Waals surface area contributed by atoms with E-state index < -0.39 is 0 Å². The van der Waals surface area contributed by atoms with Gasteiger partial charge in [0.15, 0.2) is 0 Å². The highest BCUT2D eigenvalue weighted by atomic mass is 15.2. The van der Waals surface area contributed by atoms with Crippen LogP contribution in [0.15, 0.2) is 48.7 Å². The molecule has 2 atom stereocenters. The third-order valence-corrected chi connectivity index (χ3v) is 6.58. The van der Waals surface area contributed by atoms with Crippen molar-refractivity contribution in [2.45, 2.75) is 38.5 Å². The van der Waals surface area contributed by atoms with Crippen LogP contribution in [0.25, 0.3) is 0 Å². The van der Waals surface area contributed by atoms with Gasteiger partial charge in [0.05, 0.1) is 11.9 Å². The van der Waals surface area contributed by atoms with Crippen LogP contribution >= 0.6 is 0 Å². The zero-order chi connectivity index (χ0) is 18.6. The number of likely N-dealkylation sites (tertiary alicyclic amines) is 1. The molecule has 144 valence electrons. The number of anilines is 1. The lowest BCUT2D eigenvalue weighted by Crippen LogP contribution is -2.39. The van der Waals surface area contributed by atoms with Gasteiger partial charge in [0.1, 0.15) is 0 Å². The molecule has 2 fully saturated rings. The molecule has 3 nitrogen and oxygen atoms in total. The molecule has 1 aromatic carbocycles. The average Bonchev–Trinajstić information content (AvgIpc) is 3.47. The Hall–Kier alpha value is -1.87. The Labute approximate surface area is 164 Å². The first-order valence-electron chi connectivity index (χ1n) is 10.6. The van der Waals surface area contributed by atoms with Crippen LogP contribution in [0.1, 0.15) is 42.9 Å². The molecule has 1 saturated carbocycles. The molecule has 0 unspecified atom stereocenters. The molecule has 0 amide bonds. The summed E-state index contributed by atoms with van der Waals surface area (Å²) in [5.41, 5.74) is 3.86. The van der Waals surface area contributed by atoms with Crippen LogP contribution in [0.5, 0.6) is 0 Å². The number of benzene rings is 1. The fourth-order valence-corrected chi connectivity index (χ4v) is 4.60. The van der Waals surface area contributed by atoms with Gasteiger partial charge in [-0.15, -0.1) is 0 Å². The Balaban J connectivity index is 1.16. The van der Waals surface area contributed by atoms with E-state index in [0.29, 0.717) is 0 Å². The van der Waals surface area contributed by atoms with Crippen molar-refractivity contribution in [1.29, 1.82) is 0 Å². The summed E-state index contributed by atoms with van der Waals surface area (Å²) in [6.45, 7) is 6.82. The molecule has 1 aliphatic carbocycles. The van der Waals surface area contributed by atoms with Crippen molar-refractivity contribution in [2.24, 2.45) is 11.8 Å². The molecular formula is C24H33N3. The normalized spacial score (nSPS) is 23.3. The molecule has 1 saturated heterocycles. The first-order valence-corrected chi connectivity index (χ1v) is 10.6. The van der Waals surface area contributed by atoms with E-state index in [0.717, 1.165) is 36.5 Å². The highest BCUT2D eigenvalue weighted by Crippen LogP contribution is 2.51. The number of piperidine rings is 1. The van der Waals surface area contributed by atoms with E-state index >= 15 is 0 Å². The number of aryl methyl sites for hydroxylation is 1. The second kappa shape index (κ2) is 8.43. The minimum Gasteiger partial charge on any atom is -0.372 e. The second-order valence-electron chi connectivity index (χ2n) is 8.61. The maximum absolute atomic E-state index is 4.41. The topological polar surface area (TPSA) is 19.4 Å². The van der Waals surface area contributed by atoms with Gasteiger partial charge in [-0.1, -0.05) is 30.3 Å². The highest BCUT2D eigenvalue weighted by molar-refractivity contribution is 5.43. The monoisotopic (exact) mass is 363 g/mol. The number of hydrogen-bond acceptors (Lipinski definition) is 3. The third kappa shape index (κ3) is 4.90. The maximum atomic E-state index is 4.41. The third-order valence-electron chi connectivity index (χ3n) is 6.58. The van der Waals surface area contributed by atoms with Crippen molar-refractivity contribution in [3.05, 3.63) is 59.9 Å². The lowest BCUT2D eigenvalue weighted by atomic mass is 9.90. The maximum Gasteiger partial charge on any atom is 0.0550 e. The predicted molar refractivity (Wildman–Crippen MR) is 113 cm³/mol. The molecule has 4 rings (SSSR count). The van der Waals surface area contributed by atoms with Crippen LogP contribution < -0.4 is 4.90 Å². The summed E-state index contributed by atoms with van der Waals surface area (Å²) >= 11 is 0. The van der Waals surface area contributed by atoms with Crippen LogP contribution in [0.2, 0.25) is 0 Å². The average molecular weight is 364 g/mol. The zero-order valence-corrected chi connectivity index (χ0v) is 16.8. The Kier molecular flexibility index (Phi) is 5.77. The fourth-order valence-electron chi connectivity index (χ4n) is 4.60. The Morgan fingerprint density at radius 1 is 1.07 bits per heavy atom. The van der Waals surface area contributed by atoms with Crippen molar-refractivity contribution in [2.75, 3.05) is 38.1 Å². The molecule has 27 heavy (non-hydrogen) atoms. The van der Waals surface area contributed by atoms with Gasteiger partial charge in [-0.3, -0.25) is 4.98 Å². The molecule has 2 heterocycles. The van der Waals surface area contributed by atoms with Crippen LogP contribution in [-0.2, 0) is 0 Å². The summed E-state index contributed by atoms with van der Waals surface area (Å²) in [6, 6.07) is 15.4. The Morgan fingerprint density at radius 2 is 1.85 bits per heavy atom. The van der Waals surface area contributed by atoms with Crippen molar-refractivity contribution in [3.63, 3.8) is 0 Å². The minimum absolute atomic E-state index is 0.848. The largest absolute Gasteiger partial charge is 0.372 e. The highest BCUT2D eigenvalue weighted by Gasteiger charge is 2.39. The van der Waals surface area contributed by atoms with Crippen LogP contribution in [-0.4, -0.2) is 43.1 Å². The van der Waals surface area contributed by atoms with Crippen LogP contribution in [0.4, 0.5) is 5.69 Å². The summed E-state index contributed by atoms with van der Waals surface area (Å²) in [7, 11) is 2.18. The minimum atomic E-state index is 0.848. The van der Waals surface area contributed by atoms with E-state index in [1.165, 1.54) is 44.5 Å². The Morgan fingerprint density at radius 3 is 2.56 bits per heavy atom. The van der Waals surface area contributed by atoms with E-state index in [2.05, 4.69) is 64.3 Å². The van der Waals surface area contributed by atoms with E-state index in [4.69, 9.17) is 0 Å². The number of pyridine rings is 1. The summed E-state index contributed by atoms with van der Waals surface area (Å²) < 4.78 is 0.